The summed E-state index contributed by atoms with van der Waals surface area (Å²) in [5.41, 5.74) is 0.981. The summed E-state index contributed by atoms with van der Waals surface area (Å²) in [5, 5.41) is 3.51. The Hall–Kier alpha value is -1.75. The average Bonchev–Trinajstić information content (AvgIpc) is 2.89. The van der Waals surface area contributed by atoms with Crippen LogP contribution in [0.4, 0.5) is 0 Å². The van der Waals surface area contributed by atoms with Crippen molar-refractivity contribution >= 4 is 23.4 Å². The Morgan fingerprint density at radius 1 is 1.15 bits per heavy atom. The van der Waals surface area contributed by atoms with Crippen molar-refractivity contribution < 1.29 is 14.3 Å². The summed E-state index contributed by atoms with van der Waals surface area (Å²) in [5.74, 6) is 0.900. The van der Waals surface area contributed by atoms with E-state index < -0.39 is 0 Å². The number of nitrogens with one attached hydrogen (secondary N) is 1. The van der Waals surface area contributed by atoms with Crippen molar-refractivity contribution in [3.8, 4) is 5.75 Å². The number of hydrogen-bond acceptors (Lipinski definition) is 3. The van der Waals surface area contributed by atoms with Gasteiger partial charge in [-0.2, -0.15) is 0 Å². The maximum Gasteiger partial charge on any atom is 0.224 e. The number of ether oxygens (including phenoxy) is 1. The molecule has 6 heteroatoms. The molecule has 0 atom stereocenters. The van der Waals surface area contributed by atoms with E-state index >= 15 is 0 Å². The Morgan fingerprint density at radius 3 is 2.58 bits per heavy atom. The van der Waals surface area contributed by atoms with Crippen LogP contribution in [-0.4, -0.2) is 43.0 Å². The Morgan fingerprint density at radius 2 is 1.88 bits per heavy atom. The van der Waals surface area contributed by atoms with E-state index in [-0.39, 0.29) is 11.8 Å². The van der Waals surface area contributed by atoms with Crippen LogP contribution in [0, 0.1) is 6.92 Å². The van der Waals surface area contributed by atoms with Gasteiger partial charge >= 0.3 is 0 Å². The van der Waals surface area contributed by atoms with Gasteiger partial charge in [0.2, 0.25) is 11.8 Å². The lowest BCUT2D eigenvalue weighted by Crippen LogP contribution is -2.35. The molecule has 1 heterocycles. The molecule has 26 heavy (non-hydrogen) atoms. The predicted octanol–water partition coefficient (Wildman–Crippen LogP) is 3.72. The van der Waals surface area contributed by atoms with Crippen molar-refractivity contribution in [3.05, 3.63) is 28.8 Å². The van der Waals surface area contributed by atoms with E-state index in [1.165, 1.54) is 12.8 Å². The molecule has 1 aliphatic rings. The second-order valence-corrected chi connectivity index (χ2v) is 7.19. The smallest absolute Gasteiger partial charge is 0.224 e. The maximum atomic E-state index is 12.2. The molecular weight excluding hydrogens is 352 g/mol. The van der Waals surface area contributed by atoms with Crippen molar-refractivity contribution in [2.24, 2.45) is 0 Å². The Balaban J connectivity index is 1.56. The highest BCUT2D eigenvalue weighted by Crippen LogP contribution is 2.21. The molecule has 1 saturated heterocycles. The van der Waals surface area contributed by atoms with Crippen molar-refractivity contribution in [1.29, 1.82) is 0 Å². The minimum absolute atomic E-state index is 0.0369. The number of benzene rings is 1. The van der Waals surface area contributed by atoms with E-state index in [1.807, 2.05) is 24.0 Å². The molecule has 2 amide bonds. The van der Waals surface area contributed by atoms with E-state index in [0.717, 1.165) is 37.2 Å². The normalized spacial score (nSPS) is 14.6. The number of nitrogens with zero attached hydrogens (tertiary/aromatic N) is 1. The molecule has 0 aliphatic carbocycles. The van der Waals surface area contributed by atoms with E-state index in [4.69, 9.17) is 16.3 Å². The second kappa shape index (κ2) is 11.1. The molecule has 1 aliphatic heterocycles. The number of amides is 2. The van der Waals surface area contributed by atoms with Gasteiger partial charge in [0.15, 0.2) is 0 Å². The molecule has 0 unspecified atom stereocenters. The van der Waals surface area contributed by atoms with Gasteiger partial charge in [0.1, 0.15) is 5.75 Å². The van der Waals surface area contributed by atoms with E-state index in [9.17, 15) is 9.59 Å². The van der Waals surface area contributed by atoms with Gasteiger partial charge < -0.3 is 15.0 Å². The van der Waals surface area contributed by atoms with Gasteiger partial charge in [-0.1, -0.05) is 24.4 Å². The quantitative estimate of drug-likeness (QED) is 0.699. The Labute approximate surface area is 161 Å². The summed E-state index contributed by atoms with van der Waals surface area (Å²) in [6, 6.07) is 5.48. The third-order valence-corrected chi connectivity index (χ3v) is 4.80. The van der Waals surface area contributed by atoms with Gasteiger partial charge in [0.05, 0.1) is 6.61 Å². The summed E-state index contributed by atoms with van der Waals surface area (Å²) in [7, 11) is 0. The molecular formula is C20H29ClN2O3. The highest BCUT2D eigenvalue weighted by Gasteiger charge is 2.15. The fourth-order valence-electron chi connectivity index (χ4n) is 3.07. The van der Waals surface area contributed by atoms with Crippen LogP contribution in [0.2, 0.25) is 5.02 Å². The molecule has 0 aromatic heterocycles. The summed E-state index contributed by atoms with van der Waals surface area (Å²) in [4.78, 5) is 26.0. The molecule has 2 rings (SSSR count). The molecule has 1 aromatic carbocycles. The van der Waals surface area contributed by atoms with Gasteiger partial charge in [0.25, 0.3) is 0 Å². The minimum Gasteiger partial charge on any atom is -0.493 e. The first-order valence-corrected chi connectivity index (χ1v) is 9.87. The monoisotopic (exact) mass is 380 g/mol. The zero-order chi connectivity index (χ0) is 18.8. The van der Waals surface area contributed by atoms with Crippen LogP contribution in [0.15, 0.2) is 18.2 Å². The van der Waals surface area contributed by atoms with Gasteiger partial charge in [0, 0.05) is 37.5 Å². The van der Waals surface area contributed by atoms with Crippen LogP contribution in [0.5, 0.6) is 5.75 Å². The summed E-state index contributed by atoms with van der Waals surface area (Å²) in [6.07, 6.45) is 6.00. The lowest BCUT2D eigenvalue weighted by Gasteiger charge is -2.20. The van der Waals surface area contributed by atoms with Gasteiger partial charge in [-0.15, -0.1) is 0 Å². The van der Waals surface area contributed by atoms with Crippen LogP contribution in [-0.2, 0) is 9.59 Å². The topological polar surface area (TPSA) is 58.6 Å². The first-order valence-electron chi connectivity index (χ1n) is 9.49. The lowest BCUT2D eigenvalue weighted by molar-refractivity contribution is -0.131. The van der Waals surface area contributed by atoms with Gasteiger partial charge in [-0.25, -0.2) is 0 Å². The molecule has 0 radical (unpaired) electrons. The molecule has 0 bridgehead atoms. The fraction of sp³-hybridized carbons (Fsp3) is 0.600. The molecule has 1 fully saturated rings. The minimum atomic E-state index is -0.0369. The number of carbonyl (C=O) groups is 2. The average molecular weight is 381 g/mol. The van der Waals surface area contributed by atoms with Crippen molar-refractivity contribution in [3.63, 3.8) is 0 Å². The van der Waals surface area contributed by atoms with Crippen molar-refractivity contribution in [2.75, 3.05) is 26.2 Å². The lowest BCUT2D eigenvalue weighted by atomic mass is 10.2. The zero-order valence-corrected chi connectivity index (χ0v) is 16.3. The van der Waals surface area contributed by atoms with Crippen LogP contribution in [0.3, 0.4) is 0 Å². The van der Waals surface area contributed by atoms with Gasteiger partial charge in [-0.05, 0) is 49.9 Å². The zero-order valence-electron chi connectivity index (χ0n) is 15.6. The van der Waals surface area contributed by atoms with Crippen molar-refractivity contribution in [2.45, 2.75) is 51.9 Å². The third kappa shape index (κ3) is 7.24. The number of carbonyl (C=O) groups excluding carboxylic acids is 2. The molecule has 1 N–H and O–H groups in total. The fourth-order valence-corrected chi connectivity index (χ4v) is 3.29. The largest absolute Gasteiger partial charge is 0.493 e. The van der Waals surface area contributed by atoms with E-state index in [0.29, 0.717) is 37.4 Å². The number of rotatable bonds is 8. The SMILES string of the molecule is Cc1cc(Cl)ccc1OCCCC(=O)NCCC(=O)N1CCCCCC1. The summed E-state index contributed by atoms with van der Waals surface area (Å²) >= 11 is 5.91. The summed E-state index contributed by atoms with van der Waals surface area (Å²) < 4.78 is 5.68. The first kappa shape index (κ1) is 20.6. The molecule has 5 nitrogen and oxygen atoms in total. The van der Waals surface area contributed by atoms with E-state index in [1.54, 1.807) is 6.07 Å². The van der Waals surface area contributed by atoms with Crippen molar-refractivity contribution in [1.82, 2.24) is 10.2 Å². The first-order chi connectivity index (χ1) is 12.6. The van der Waals surface area contributed by atoms with Crippen LogP contribution < -0.4 is 10.1 Å². The number of halogens is 1. The second-order valence-electron chi connectivity index (χ2n) is 6.76. The Bertz CT molecular complexity index is 599. The highest BCUT2D eigenvalue weighted by molar-refractivity contribution is 6.30. The molecule has 144 valence electrons. The van der Waals surface area contributed by atoms with Crippen LogP contribution >= 0.6 is 11.6 Å². The van der Waals surface area contributed by atoms with E-state index in [2.05, 4.69) is 5.32 Å². The number of aryl methyl sites for hydroxylation is 1. The summed E-state index contributed by atoms with van der Waals surface area (Å²) in [6.45, 7) is 4.53. The number of likely N-dealkylation sites (tertiary alicyclic amines) is 1. The molecule has 0 spiro atoms. The number of hydrogen-bond donors (Lipinski definition) is 1. The highest BCUT2D eigenvalue weighted by atomic mass is 35.5. The maximum absolute atomic E-state index is 12.2. The molecule has 0 saturated carbocycles. The Kier molecular flexibility index (Phi) is 8.75. The molecule has 1 aromatic rings. The van der Waals surface area contributed by atoms with Gasteiger partial charge in [-0.3, -0.25) is 9.59 Å². The standard InChI is InChI=1S/C20H29ClN2O3/c1-16-15-17(21)8-9-18(16)26-14-6-7-19(24)22-11-10-20(25)23-12-4-2-3-5-13-23/h8-9,15H,2-7,10-14H2,1H3,(H,22,24). The third-order valence-electron chi connectivity index (χ3n) is 4.56. The van der Waals surface area contributed by atoms with Crippen LogP contribution in [0.25, 0.3) is 0 Å². The predicted molar refractivity (Wildman–Crippen MR) is 104 cm³/mol. The van der Waals surface area contributed by atoms with Crippen LogP contribution in [0.1, 0.15) is 50.5 Å².